The largest absolute Gasteiger partial charge is 0.466 e. The molecule has 190 valence electrons. The van der Waals surface area contributed by atoms with Crippen molar-refractivity contribution in [2.24, 2.45) is 0 Å². The van der Waals surface area contributed by atoms with Gasteiger partial charge in [0.15, 0.2) is 0 Å². The lowest BCUT2D eigenvalue weighted by Gasteiger charge is -2.06. The molecule has 0 bridgehead atoms. The Balaban J connectivity index is 3.25. The summed E-state index contributed by atoms with van der Waals surface area (Å²) in [5, 5.41) is 0. The van der Waals surface area contributed by atoms with Crippen LogP contribution in [0.4, 0.5) is 0 Å². The standard InChI is InChI=1S/C28H54O4/c1-3-5-7-9-10-11-14-18-22-26-32-28(30)24-20-16-13-12-15-19-23-27(29)31-25-21-17-8-6-4-2/h3-26H2,1-2H3. The molecule has 32 heavy (non-hydrogen) atoms. The number of rotatable bonds is 25. The van der Waals surface area contributed by atoms with Crippen LogP contribution in [0.3, 0.4) is 0 Å². The maximum atomic E-state index is 11.8. The molecule has 4 nitrogen and oxygen atoms in total. The molecule has 0 spiro atoms. The van der Waals surface area contributed by atoms with Crippen molar-refractivity contribution in [2.75, 3.05) is 13.2 Å². The van der Waals surface area contributed by atoms with E-state index in [2.05, 4.69) is 13.8 Å². The summed E-state index contributed by atoms with van der Waals surface area (Å²) in [6.07, 6.45) is 24.7. The molecule has 0 fully saturated rings. The summed E-state index contributed by atoms with van der Waals surface area (Å²) >= 11 is 0. The maximum absolute atomic E-state index is 11.8. The van der Waals surface area contributed by atoms with Crippen LogP contribution in [0.2, 0.25) is 0 Å². The SMILES string of the molecule is CCCCCCCCCCCOC(=O)CCCCCCCCC(=O)OCCCCCCC. The summed E-state index contributed by atoms with van der Waals surface area (Å²) in [6, 6.07) is 0. The molecule has 0 saturated carbocycles. The molecule has 0 rings (SSSR count). The quantitative estimate of drug-likeness (QED) is 0.102. The Kier molecular flexibility index (Phi) is 25.3. The first-order valence-electron chi connectivity index (χ1n) is 14.0. The number of hydrogen-bond donors (Lipinski definition) is 0. The van der Waals surface area contributed by atoms with Gasteiger partial charge < -0.3 is 9.47 Å². The van der Waals surface area contributed by atoms with Crippen molar-refractivity contribution in [2.45, 2.75) is 155 Å². The highest BCUT2D eigenvalue weighted by Gasteiger charge is 2.04. The van der Waals surface area contributed by atoms with Crippen molar-refractivity contribution in [3.63, 3.8) is 0 Å². The summed E-state index contributed by atoms with van der Waals surface area (Å²) in [7, 11) is 0. The van der Waals surface area contributed by atoms with Crippen LogP contribution in [-0.2, 0) is 19.1 Å². The van der Waals surface area contributed by atoms with E-state index in [1.54, 1.807) is 0 Å². The zero-order valence-electron chi connectivity index (χ0n) is 21.6. The van der Waals surface area contributed by atoms with E-state index >= 15 is 0 Å². The van der Waals surface area contributed by atoms with Gasteiger partial charge >= 0.3 is 11.9 Å². The number of hydrogen-bond acceptors (Lipinski definition) is 4. The molecule has 0 amide bonds. The minimum Gasteiger partial charge on any atom is -0.466 e. The Labute approximate surface area is 199 Å². The van der Waals surface area contributed by atoms with Crippen LogP contribution in [0, 0.1) is 0 Å². The van der Waals surface area contributed by atoms with Gasteiger partial charge in [-0.3, -0.25) is 9.59 Å². The molecule has 0 atom stereocenters. The maximum Gasteiger partial charge on any atom is 0.305 e. The van der Waals surface area contributed by atoms with E-state index in [1.165, 1.54) is 70.6 Å². The number of ether oxygens (including phenoxy) is 2. The van der Waals surface area contributed by atoms with Gasteiger partial charge in [-0.2, -0.15) is 0 Å². The lowest BCUT2D eigenvalue weighted by Crippen LogP contribution is -2.06. The molecule has 4 heteroatoms. The van der Waals surface area contributed by atoms with Crippen molar-refractivity contribution >= 4 is 11.9 Å². The normalized spacial score (nSPS) is 10.9. The number of carbonyl (C=O) groups excluding carboxylic acids is 2. The summed E-state index contributed by atoms with van der Waals surface area (Å²) in [5.41, 5.74) is 0. The molecule has 0 aromatic carbocycles. The molecule has 0 heterocycles. The molecule has 0 unspecified atom stereocenters. The predicted octanol–water partition coefficient (Wildman–Crippen LogP) is 8.69. The summed E-state index contributed by atoms with van der Waals surface area (Å²) in [5.74, 6) is -0.0859. The van der Waals surface area contributed by atoms with Crippen LogP contribution in [0.25, 0.3) is 0 Å². The van der Waals surface area contributed by atoms with Gasteiger partial charge in [0.2, 0.25) is 0 Å². The third kappa shape index (κ3) is 25.2. The highest BCUT2D eigenvalue weighted by atomic mass is 16.5. The van der Waals surface area contributed by atoms with Gasteiger partial charge in [0.05, 0.1) is 13.2 Å². The molecule has 0 aliphatic rings. The number of carbonyl (C=O) groups is 2. The summed E-state index contributed by atoms with van der Waals surface area (Å²) in [4.78, 5) is 23.5. The van der Waals surface area contributed by atoms with E-state index < -0.39 is 0 Å². The molecule has 0 aliphatic carbocycles. The Morgan fingerprint density at radius 3 is 1.03 bits per heavy atom. The fourth-order valence-corrected chi connectivity index (χ4v) is 3.88. The van der Waals surface area contributed by atoms with Gasteiger partial charge in [0.1, 0.15) is 0 Å². The van der Waals surface area contributed by atoms with E-state index in [-0.39, 0.29) is 11.9 Å². The molecule has 0 saturated heterocycles. The Morgan fingerprint density at radius 1 is 0.406 bits per heavy atom. The van der Waals surface area contributed by atoms with E-state index in [9.17, 15) is 9.59 Å². The smallest absolute Gasteiger partial charge is 0.305 e. The van der Waals surface area contributed by atoms with Crippen LogP contribution in [0.5, 0.6) is 0 Å². The summed E-state index contributed by atoms with van der Waals surface area (Å²) in [6.45, 7) is 5.62. The minimum atomic E-state index is -0.0461. The van der Waals surface area contributed by atoms with Gasteiger partial charge in [-0.1, -0.05) is 117 Å². The van der Waals surface area contributed by atoms with E-state index in [1.807, 2.05) is 0 Å². The average Bonchev–Trinajstić information content (AvgIpc) is 2.79. The van der Waals surface area contributed by atoms with Crippen molar-refractivity contribution in [3.8, 4) is 0 Å². The Morgan fingerprint density at radius 2 is 0.688 bits per heavy atom. The minimum absolute atomic E-state index is 0.0398. The Bertz CT molecular complexity index is 408. The Hall–Kier alpha value is -1.06. The molecular weight excluding hydrogens is 400 g/mol. The van der Waals surface area contributed by atoms with Crippen molar-refractivity contribution < 1.29 is 19.1 Å². The van der Waals surface area contributed by atoms with Crippen molar-refractivity contribution in [1.29, 1.82) is 0 Å². The van der Waals surface area contributed by atoms with Crippen LogP contribution in [-0.4, -0.2) is 25.2 Å². The highest BCUT2D eigenvalue weighted by Crippen LogP contribution is 2.11. The lowest BCUT2D eigenvalue weighted by molar-refractivity contribution is -0.144. The first-order chi connectivity index (χ1) is 15.7. The van der Waals surface area contributed by atoms with Crippen LogP contribution in [0.1, 0.15) is 155 Å². The monoisotopic (exact) mass is 454 g/mol. The van der Waals surface area contributed by atoms with Gasteiger partial charge in [-0.15, -0.1) is 0 Å². The fraction of sp³-hybridized carbons (Fsp3) is 0.929. The first-order valence-corrected chi connectivity index (χ1v) is 14.0. The van der Waals surface area contributed by atoms with Crippen LogP contribution >= 0.6 is 0 Å². The molecule has 0 N–H and O–H groups in total. The van der Waals surface area contributed by atoms with Crippen molar-refractivity contribution in [1.82, 2.24) is 0 Å². The van der Waals surface area contributed by atoms with E-state index in [4.69, 9.17) is 9.47 Å². The zero-order valence-corrected chi connectivity index (χ0v) is 21.6. The highest BCUT2D eigenvalue weighted by molar-refractivity contribution is 5.69. The number of esters is 2. The third-order valence-electron chi connectivity index (χ3n) is 6.03. The molecular formula is C28H54O4. The molecule has 0 aromatic heterocycles. The second-order valence-electron chi connectivity index (χ2n) is 9.30. The zero-order chi connectivity index (χ0) is 23.5. The first kappa shape index (κ1) is 30.9. The van der Waals surface area contributed by atoms with Crippen molar-refractivity contribution in [3.05, 3.63) is 0 Å². The topological polar surface area (TPSA) is 52.6 Å². The van der Waals surface area contributed by atoms with Gasteiger partial charge in [-0.25, -0.2) is 0 Å². The van der Waals surface area contributed by atoms with Gasteiger partial charge in [-0.05, 0) is 25.7 Å². The average molecular weight is 455 g/mol. The summed E-state index contributed by atoms with van der Waals surface area (Å²) < 4.78 is 10.6. The second-order valence-corrected chi connectivity index (χ2v) is 9.30. The molecule has 0 aliphatic heterocycles. The van der Waals surface area contributed by atoms with Crippen LogP contribution < -0.4 is 0 Å². The third-order valence-corrected chi connectivity index (χ3v) is 6.03. The molecule has 0 aromatic rings. The lowest BCUT2D eigenvalue weighted by atomic mass is 10.1. The fourth-order valence-electron chi connectivity index (χ4n) is 3.88. The van der Waals surface area contributed by atoms with E-state index in [0.717, 1.165) is 57.8 Å². The van der Waals surface area contributed by atoms with Gasteiger partial charge in [0.25, 0.3) is 0 Å². The predicted molar refractivity (Wildman–Crippen MR) is 135 cm³/mol. The van der Waals surface area contributed by atoms with E-state index in [0.29, 0.717) is 26.1 Å². The number of unbranched alkanes of at least 4 members (excludes halogenated alkanes) is 17. The van der Waals surface area contributed by atoms with Crippen LogP contribution in [0.15, 0.2) is 0 Å². The molecule has 0 radical (unpaired) electrons. The second kappa shape index (κ2) is 26.2. The van der Waals surface area contributed by atoms with Gasteiger partial charge in [0, 0.05) is 12.8 Å².